The molecule has 2 N–H and O–H groups in total. The molecule has 0 aromatic heterocycles. The van der Waals surface area contributed by atoms with E-state index in [0.29, 0.717) is 18.5 Å². The number of nitro groups is 1. The monoisotopic (exact) mass is 342 g/mol. The summed E-state index contributed by atoms with van der Waals surface area (Å²) < 4.78 is 0. The average Bonchev–Trinajstić information content (AvgIpc) is 2.77. The molecule has 3 rings (SSSR count). The number of halogens is 1. The molecule has 1 aliphatic carbocycles. The smallest absolute Gasteiger partial charge is 0.325 e. The van der Waals surface area contributed by atoms with Crippen molar-refractivity contribution in [3.8, 4) is 11.5 Å². The fourth-order valence-electron chi connectivity index (χ4n) is 3.47. The van der Waals surface area contributed by atoms with Crippen LogP contribution in [0.15, 0.2) is 6.07 Å². The van der Waals surface area contributed by atoms with Gasteiger partial charge in [0.1, 0.15) is 5.56 Å². The SMILES string of the molecule is Cl.O=C1c2c(cc(O)c(O)c2[N+](=O)[O-])CC1CN1CCCCC1. The number of nitrogens with zero attached hydrogens (tertiary/aromatic N) is 2. The molecule has 0 radical (unpaired) electrons. The lowest BCUT2D eigenvalue weighted by atomic mass is 10.0. The highest BCUT2D eigenvalue weighted by Crippen LogP contribution is 2.44. The molecule has 1 fully saturated rings. The van der Waals surface area contributed by atoms with Crippen molar-refractivity contribution in [2.24, 2.45) is 5.92 Å². The molecule has 1 saturated heterocycles. The molecule has 1 aliphatic heterocycles. The summed E-state index contributed by atoms with van der Waals surface area (Å²) in [6.07, 6.45) is 3.78. The van der Waals surface area contributed by atoms with Crippen LogP contribution in [0, 0.1) is 16.0 Å². The highest BCUT2D eigenvalue weighted by atomic mass is 35.5. The molecule has 126 valence electrons. The van der Waals surface area contributed by atoms with Crippen LogP contribution in [0.5, 0.6) is 11.5 Å². The lowest BCUT2D eigenvalue weighted by molar-refractivity contribution is -0.386. The van der Waals surface area contributed by atoms with Gasteiger partial charge in [-0.05, 0) is 44.0 Å². The summed E-state index contributed by atoms with van der Waals surface area (Å²) in [5.41, 5.74) is -0.252. The van der Waals surface area contributed by atoms with E-state index in [9.17, 15) is 25.1 Å². The Kier molecular flexibility index (Phi) is 5.11. The van der Waals surface area contributed by atoms with Gasteiger partial charge >= 0.3 is 5.69 Å². The number of ketones is 1. The second-order valence-electron chi connectivity index (χ2n) is 6.01. The van der Waals surface area contributed by atoms with Gasteiger partial charge in [-0.15, -0.1) is 12.4 Å². The van der Waals surface area contributed by atoms with E-state index in [4.69, 9.17) is 0 Å². The minimum Gasteiger partial charge on any atom is -0.504 e. The Labute approximate surface area is 139 Å². The van der Waals surface area contributed by atoms with Crippen molar-refractivity contribution >= 4 is 23.9 Å². The minimum absolute atomic E-state index is 0. The molecule has 8 heteroatoms. The molecule has 0 spiro atoms. The summed E-state index contributed by atoms with van der Waals surface area (Å²) in [5.74, 6) is -2.01. The van der Waals surface area contributed by atoms with Gasteiger partial charge in [-0.3, -0.25) is 14.9 Å². The van der Waals surface area contributed by atoms with Gasteiger partial charge in [-0.25, -0.2) is 0 Å². The quantitative estimate of drug-likeness (QED) is 0.496. The lowest BCUT2D eigenvalue weighted by Crippen LogP contribution is -2.36. The van der Waals surface area contributed by atoms with Crippen molar-refractivity contribution < 1.29 is 19.9 Å². The molecule has 23 heavy (non-hydrogen) atoms. The number of piperidine rings is 1. The van der Waals surface area contributed by atoms with Crippen LogP contribution in [0.25, 0.3) is 0 Å². The molecule has 0 bridgehead atoms. The Morgan fingerprint density at radius 2 is 1.91 bits per heavy atom. The second kappa shape index (κ2) is 6.72. The lowest BCUT2D eigenvalue weighted by Gasteiger charge is -2.28. The van der Waals surface area contributed by atoms with E-state index in [0.717, 1.165) is 25.9 Å². The standard InChI is InChI=1S/C15H18N2O5.ClH/c18-11-7-9-6-10(8-16-4-2-1-3-5-16)14(19)12(9)13(15(11)20)17(21)22;/h7,10,18,20H,1-6,8H2;1H. The number of rotatable bonds is 3. The molecule has 7 nitrogen and oxygen atoms in total. The first-order valence-electron chi connectivity index (χ1n) is 7.47. The minimum atomic E-state index is -0.823. The molecule has 1 aromatic rings. The highest BCUT2D eigenvalue weighted by Gasteiger charge is 2.40. The van der Waals surface area contributed by atoms with Crippen molar-refractivity contribution in [2.75, 3.05) is 19.6 Å². The largest absolute Gasteiger partial charge is 0.504 e. The summed E-state index contributed by atoms with van der Waals surface area (Å²) in [5, 5.41) is 30.5. The molecule has 1 heterocycles. The number of benzene rings is 1. The number of carbonyl (C=O) groups is 1. The molecule has 0 saturated carbocycles. The number of nitro benzene ring substituents is 1. The van der Waals surface area contributed by atoms with E-state index in [2.05, 4.69) is 4.90 Å². The van der Waals surface area contributed by atoms with Gasteiger partial charge in [-0.1, -0.05) is 6.42 Å². The molecular formula is C15H19ClN2O5. The van der Waals surface area contributed by atoms with Gasteiger partial charge in [0.2, 0.25) is 5.75 Å². The number of Topliss-reactive ketones (excluding diaryl/α,β-unsaturated/α-hetero) is 1. The van der Waals surface area contributed by atoms with Crippen molar-refractivity contribution in [3.63, 3.8) is 0 Å². The number of phenols is 2. The Bertz CT molecular complexity index is 643. The third-order valence-corrected chi connectivity index (χ3v) is 4.53. The van der Waals surface area contributed by atoms with Crippen molar-refractivity contribution in [1.82, 2.24) is 4.90 Å². The Morgan fingerprint density at radius 1 is 1.26 bits per heavy atom. The zero-order chi connectivity index (χ0) is 15.9. The van der Waals surface area contributed by atoms with Crippen LogP contribution < -0.4 is 0 Å². The van der Waals surface area contributed by atoms with E-state index in [1.807, 2.05) is 0 Å². The van der Waals surface area contributed by atoms with Gasteiger partial charge in [-0.2, -0.15) is 0 Å². The first-order valence-corrected chi connectivity index (χ1v) is 7.47. The Hall–Kier alpha value is -1.86. The zero-order valence-corrected chi connectivity index (χ0v) is 13.3. The number of aromatic hydroxyl groups is 2. The maximum atomic E-state index is 12.5. The Balaban J connectivity index is 0.00000192. The molecule has 1 atom stereocenters. The molecule has 1 aromatic carbocycles. The van der Waals surface area contributed by atoms with E-state index in [1.54, 1.807) is 0 Å². The summed E-state index contributed by atoms with van der Waals surface area (Å²) in [7, 11) is 0. The first-order chi connectivity index (χ1) is 10.5. The first kappa shape index (κ1) is 17.5. The number of hydrogen-bond acceptors (Lipinski definition) is 6. The maximum Gasteiger partial charge on any atom is 0.325 e. The normalized spacial score (nSPS) is 20.9. The van der Waals surface area contributed by atoms with Crippen molar-refractivity contribution in [1.29, 1.82) is 0 Å². The van der Waals surface area contributed by atoms with Crippen molar-refractivity contribution in [3.05, 3.63) is 27.3 Å². The van der Waals surface area contributed by atoms with Gasteiger partial charge in [0.15, 0.2) is 11.5 Å². The van der Waals surface area contributed by atoms with E-state index >= 15 is 0 Å². The summed E-state index contributed by atoms with van der Waals surface area (Å²) in [6.45, 7) is 2.46. The van der Waals surface area contributed by atoms with Crippen molar-refractivity contribution in [2.45, 2.75) is 25.7 Å². The number of phenolic OH excluding ortho intramolecular Hbond substituents is 2. The Morgan fingerprint density at radius 3 is 2.52 bits per heavy atom. The highest BCUT2D eigenvalue weighted by molar-refractivity contribution is 6.07. The number of fused-ring (bicyclic) bond motifs is 1. The third-order valence-electron chi connectivity index (χ3n) is 4.53. The summed E-state index contributed by atoms with van der Waals surface area (Å²) >= 11 is 0. The van der Waals surface area contributed by atoms with Crippen LogP contribution >= 0.6 is 12.4 Å². The zero-order valence-electron chi connectivity index (χ0n) is 12.5. The van der Waals surface area contributed by atoms with Crippen LogP contribution in [-0.2, 0) is 6.42 Å². The van der Waals surface area contributed by atoms with Crippen LogP contribution in [0.2, 0.25) is 0 Å². The second-order valence-corrected chi connectivity index (χ2v) is 6.01. The maximum absolute atomic E-state index is 12.5. The van der Waals surface area contributed by atoms with Crippen LogP contribution in [-0.4, -0.2) is 45.5 Å². The topological polar surface area (TPSA) is 104 Å². The van der Waals surface area contributed by atoms with Gasteiger partial charge < -0.3 is 15.1 Å². The third kappa shape index (κ3) is 3.11. The van der Waals surface area contributed by atoms with E-state index < -0.39 is 22.1 Å². The fraction of sp³-hybridized carbons (Fsp3) is 0.533. The average molecular weight is 343 g/mol. The van der Waals surface area contributed by atoms with Crippen LogP contribution in [0.3, 0.4) is 0 Å². The van der Waals surface area contributed by atoms with Gasteiger partial charge in [0.25, 0.3) is 0 Å². The predicted molar refractivity (Wildman–Crippen MR) is 85.5 cm³/mol. The van der Waals surface area contributed by atoms with Gasteiger partial charge in [0.05, 0.1) is 4.92 Å². The van der Waals surface area contributed by atoms with E-state index in [-0.39, 0.29) is 29.7 Å². The van der Waals surface area contributed by atoms with E-state index in [1.165, 1.54) is 12.5 Å². The number of hydrogen-bond donors (Lipinski definition) is 2. The predicted octanol–water partition coefficient (Wildman–Crippen LogP) is 2.27. The van der Waals surface area contributed by atoms with Crippen LogP contribution in [0.1, 0.15) is 35.2 Å². The molecule has 0 amide bonds. The fourth-order valence-corrected chi connectivity index (χ4v) is 3.47. The molecule has 1 unspecified atom stereocenters. The molecular weight excluding hydrogens is 324 g/mol. The number of likely N-dealkylation sites (tertiary alicyclic amines) is 1. The summed E-state index contributed by atoms with van der Waals surface area (Å²) in [6, 6.07) is 1.27. The number of carbonyl (C=O) groups excluding carboxylic acids is 1. The van der Waals surface area contributed by atoms with Gasteiger partial charge in [0, 0.05) is 12.5 Å². The molecule has 2 aliphatic rings. The summed E-state index contributed by atoms with van der Waals surface area (Å²) in [4.78, 5) is 25.1. The van der Waals surface area contributed by atoms with Crippen LogP contribution in [0.4, 0.5) is 5.69 Å².